The molecule has 1 aliphatic heterocycles. The van der Waals surface area contributed by atoms with Crippen LogP contribution in [0.3, 0.4) is 0 Å². The zero-order valence-corrected chi connectivity index (χ0v) is 9.07. The Balaban J connectivity index is 1.97. The van der Waals surface area contributed by atoms with Crippen LogP contribution in [0.15, 0.2) is 0 Å². The lowest BCUT2D eigenvalue weighted by molar-refractivity contribution is 0.0531. The summed E-state index contributed by atoms with van der Waals surface area (Å²) in [5.74, 6) is 0. The number of rotatable bonds is 3. The van der Waals surface area contributed by atoms with Crippen molar-refractivity contribution >= 4 is 6.09 Å². The number of carbonyl (C=O) groups excluding carboxylic acids is 1. The van der Waals surface area contributed by atoms with Crippen molar-refractivity contribution in [1.82, 2.24) is 4.90 Å². The van der Waals surface area contributed by atoms with Gasteiger partial charge in [0.2, 0.25) is 0 Å². The quantitative estimate of drug-likeness (QED) is 0.770. The highest BCUT2D eigenvalue weighted by atomic mass is 16.6. The van der Waals surface area contributed by atoms with E-state index in [9.17, 15) is 9.90 Å². The number of ether oxygens (including phenoxy) is 1. The molecule has 0 bridgehead atoms. The van der Waals surface area contributed by atoms with Crippen LogP contribution in [0.2, 0.25) is 0 Å². The summed E-state index contributed by atoms with van der Waals surface area (Å²) < 4.78 is 4.90. The normalized spacial score (nSPS) is 25.4. The summed E-state index contributed by atoms with van der Waals surface area (Å²) in [5.41, 5.74) is -0.0540. The minimum atomic E-state index is -0.214. The Morgan fingerprint density at radius 3 is 2.60 bits per heavy atom. The molecule has 0 aromatic heterocycles. The fourth-order valence-electron chi connectivity index (χ4n) is 2.64. The van der Waals surface area contributed by atoms with E-state index in [1.54, 1.807) is 4.90 Å². The van der Waals surface area contributed by atoms with Gasteiger partial charge in [-0.1, -0.05) is 19.3 Å². The molecule has 1 saturated carbocycles. The van der Waals surface area contributed by atoms with Crippen LogP contribution >= 0.6 is 0 Å². The third kappa shape index (κ3) is 2.25. The zero-order chi connectivity index (χ0) is 10.7. The molecule has 4 nitrogen and oxygen atoms in total. The summed E-state index contributed by atoms with van der Waals surface area (Å²) in [5, 5.41) is 9.51. The van der Waals surface area contributed by atoms with E-state index in [2.05, 4.69) is 0 Å². The van der Waals surface area contributed by atoms with Gasteiger partial charge in [-0.25, -0.2) is 4.79 Å². The topological polar surface area (TPSA) is 49.8 Å². The molecule has 1 heterocycles. The van der Waals surface area contributed by atoms with E-state index in [1.165, 1.54) is 19.3 Å². The number of amides is 1. The summed E-state index contributed by atoms with van der Waals surface area (Å²) in [6.07, 6.45) is 5.45. The molecule has 0 aromatic rings. The Morgan fingerprint density at radius 2 is 2.07 bits per heavy atom. The first-order valence-corrected chi connectivity index (χ1v) is 5.78. The molecule has 1 saturated heterocycles. The maximum Gasteiger partial charge on any atom is 0.409 e. The number of hydrogen-bond donors (Lipinski definition) is 1. The van der Waals surface area contributed by atoms with Gasteiger partial charge in [0.05, 0.1) is 13.2 Å². The first-order valence-electron chi connectivity index (χ1n) is 5.78. The van der Waals surface area contributed by atoms with Crippen molar-refractivity contribution in [2.45, 2.75) is 32.1 Å². The van der Waals surface area contributed by atoms with Crippen LogP contribution in [-0.2, 0) is 4.74 Å². The van der Waals surface area contributed by atoms with Crippen LogP contribution in [0.25, 0.3) is 0 Å². The summed E-state index contributed by atoms with van der Waals surface area (Å²) >= 11 is 0. The van der Waals surface area contributed by atoms with Gasteiger partial charge < -0.3 is 14.7 Å². The molecule has 15 heavy (non-hydrogen) atoms. The van der Waals surface area contributed by atoms with E-state index in [0.29, 0.717) is 19.7 Å². The summed E-state index contributed by atoms with van der Waals surface area (Å²) in [6.45, 7) is 2.04. The summed E-state index contributed by atoms with van der Waals surface area (Å²) in [4.78, 5) is 13.1. The van der Waals surface area contributed by atoms with E-state index in [-0.39, 0.29) is 18.1 Å². The fraction of sp³-hybridized carbons (Fsp3) is 0.909. The summed E-state index contributed by atoms with van der Waals surface area (Å²) in [6, 6.07) is 0. The largest absolute Gasteiger partial charge is 0.448 e. The van der Waals surface area contributed by atoms with Gasteiger partial charge in [0, 0.05) is 12.0 Å². The standard InChI is InChI=1S/C11H19NO3/c13-9-11(4-2-1-3-5-11)8-12-6-7-15-10(12)14/h13H,1-9H2. The molecule has 86 valence electrons. The molecule has 1 aliphatic carbocycles. The van der Waals surface area contributed by atoms with Crippen LogP contribution in [0.1, 0.15) is 32.1 Å². The van der Waals surface area contributed by atoms with Gasteiger partial charge in [0.25, 0.3) is 0 Å². The first-order chi connectivity index (χ1) is 7.26. The van der Waals surface area contributed by atoms with Crippen molar-refractivity contribution in [3.05, 3.63) is 0 Å². The molecule has 1 amide bonds. The van der Waals surface area contributed by atoms with Crippen molar-refractivity contribution in [2.24, 2.45) is 5.41 Å². The minimum Gasteiger partial charge on any atom is -0.448 e. The van der Waals surface area contributed by atoms with Crippen LogP contribution in [-0.4, -0.2) is 42.4 Å². The number of aliphatic hydroxyl groups is 1. The minimum absolute atomic E-state index is 0.0540. The molecular weight excluding hydrogens is 194 g/mol. The van der Waals surface area contributed by atoms with Gasteiger partial charge in [-0.05, 0) is 12.8 Å². The highest BCUT2D eigenvalue weighted by Gasteiger charge is 2.36. The number of nitrogens with zero attached hydrogens (tertiary/aromatic N) is 1. The predicted molar refractivity (Wildman–Crippen MR) is 55.5 cm³/mol. The smallest absolute Gasteiger partial charge is 0.409 e. The molecule has 0 atom stereocenters. The van der Waals surface area contributed by atoms with E-state index in [4.69, 9.17) is 4.74 Å². The number of aliphatic hydroxyl groups excluding tert-OH is 1. The van der Waals surface area contributed by atoms with Gasteiger partial charge in [0.15, 0.2) is 0 Å². The van der Waals surface area contributed by atoms with Crippen molar-refractivity contribution in [3.63, 3.8) is 0 Å². The third-order valence-electron chi connectivity index (χ3n) is 3.62. The van der Waals surface area contributed by atoms with Gasteiger partial charge >= 0.3 is 6.09 Å². The molecule has 0 unspecified atom stereocenters. The van der Waals surface area contributed by atoms with Crippen LogP contribution in [0, 0.1) is 5.41 Å². The summed E-state index contributed by atoms with van der Waals surface area (Å²) in [7, 11) is 0. The second kappa shape index (κ2) is 4.39. The maximum atomic E-state index is 11.3. The van der Waals surface area contributed by atoms with E-state index in [1.807, 2.05) is 0 Å². The van der Waals surface area contributed by atoms with Gasteiger partial charge in [-0.15, -0.1) is 0 Å². The maximum absolute atomic E-state index is 11.3. The second-order valence-corrected chi connectivity index (χ2v) is 4.75. The number of cyclic esters (lactones) is 1. The number of carbonyl (C=O) groups is 1. The van der Waals surface area contributed by atoms with Gasteiger partial charge in [-0.3, -0.25) is 0 Å². The van der Waals surface area contributed by atoms with Crippen molar-refractivity contribution in [3.8, 4) is 0 Å². The second-order valence-electron chi connectivity index (χ2n) is 4.75. The van der Waals surface area contributed by atoms with Gasteiger partial charge in [0.1, 0.15) is 6.61 Å². The van der Waals surface area contributed by atoms with Crippen LogP contribution in [0.4, 0.5) is 4.79 Å². The average molecular weight is 213 g/mol. The Kier molecular flexibility index (Phi) is 3.14. The third-order valence-corrected chi connectivity index (χ3v) is 3.62. The highest BCUT2D eigenvalue weighted by Crippen LogP contribution is 2.37. The Bertz CT molecular complexity index is 236. The molecule has 1 N–H and O–H groups in total. The lowest BCUT2D eigenvalue weighted by Gasteiger charge is -2.37. The molecule has 4 heteroatoms. The van der Waals surface area contributed by atoms with E-state index < -0.39 is 0 Å². The fourth-order valence-corrected chi connectivity index (χ4v) is 2.64. The lowest BCUT2D eigenvalue weighted by atomic mass is 9.74. The van der Waals surface area contributed by atoms with Crippen molar-refractivity contribution in [2.75, 3.05) is 26.3 Å². The van der Waals surface area contributed by atoms with Crippen molar-refractivity contribution < 1.29 is 14.6 Å². The molecule has 2 rings (SSSR count). The SMILES string of the molecule is O=C1OCCN1CC1(CO)CCCCC1. The molecule has 0 radical (unpaired) electrons. The molecule has 0 spiro atoms. The Labute approximate surface area is 90.2 Å². The van der Waals surface area contributed by atoms with Crippen LogP contribution < -0.4 is 0 Å². The van der Waals surface area contributed by atoms with E-state index >= 15 is 0 Å². The predicted octanol–water partition coefficient (Wildman–Crippen LogP) is 1.38. The molecular formula is C11H19NO3. The highest BCUT2D eigenvalue weighted by molar-refractivity contribution is 5.69. The first kappa shape index (κ1) is 10.7. The van der Waals surface area contributed by atoms with Gasteiger partial charge in [-0.2, -0.15) is 0 Å². The monoisotopic (exact) mass is 213 g/mol. The molecule has 0 aromatic carbocycles. The van der Waals surface area contributed by atoms with E-state index in [0.717, 1.165) is 12.8 Å². The molecule has 2 fully saturated rings. The van der Waals surface area contributed by atoms with Crippen molar-refractivity contribution in [1.29, 1.82) is 0 Å². The van der Waals surface area contributed by atoms with Crippen LogP contribution in [0.5, 0.6) is 0 Å². The Hall–Kier alpha value is -0.770. The lowest BCUT2D eigenvalue weighted by Crippen LogP contribution is -2.42. The molecule has 2 aliphatic rings. The Morgan fingerprint density at radius 1 is 1.33 bits per heavy atom. The average Bonchev–Trinajstić information content (AvgIpc) is 2.66. The zero-order valence-electron chi connectivity index (χ0n) is 9.07. The number of hydrogen-bond acceptors (Lipinski definition) is 3.